The van der Waals surface area contributed by atoms with Crippen LogP contribution in [0.15, 0.2) is 0 Å². The molecule has 37 heavy (non-hydrogen) atoms. The van der Waals surface area contributed by atoms with Gasteiger partial charge in [-0.25, -0.2) is 0 Å². The summed E-state index contributed by atoms with van der Waals surface area (Å²) in [5.41, 5.74) is -0.729. The Morgan fingerprint density at radius 1 is 1.24 bits per heavy atom. The first-order valence-corrected chi connectivity index (χ1v) is 12.2. The number of ether oxygens (including phenoxy) is 1. The molecule has 1 aliphatic carbocycles. The highest BCUT2D eigenvalue weighted by Crippen LogP contribution is 2.65. The smallest absolute Gasteiger partial charge is 0.379 e. The fourth-order valence-corrected chi connectivity index (χ4v) is 5.80. The second kappa shape index (κ2) is 9.78. The van der Waals surface area contributed by atoms with Crippen LogP contribution in [-0.4, -0.2) is 78.1 Å². The Balaban J connectivity index is 1.79. The number of nitriles is 1. The first-order chi connectivity index (χ1) is 16.9. The molecule has 2 heterocycles. The Labute approximate surface area is 213 Å². The van der Waals surface area contributed by atoms with Crippen LogP contribution in [0.5, 0.6) is 0 Å². The van der Waals surface area contributed by atoms with Crippen molar-refractivity contribution >= 4 is 23.6 Å². The third-order valence-corrected chi connectivity index (χ3v) is 7.99. The molecule has 0 aromatic rings. The summed E-state index contributed by atoms with van der Waals surface area (Å²) in [5.74, 6) is -4.83. The number of alkyl halides is 3. The van der Waals surface area contributed by atoms with Gasteiger partial charge in [-0.1, -0.05) is 13.8 Å². The average molecular weight is 530 g/mol. The number of nitrogens with zero attached hydrogens (tertiary/aromatic N) is 2. The third kappa shape index (κ3) is 5.68. The maximum atomic E-state index is 13.4. The number of piperidine rings is 1. The van der Waals surface area contributed by atoms with E-state index in [1.165, 1.54) is 18.9 Å². The summed E-state index contributed by atoms with van der Waals surface area (Å²) in [4.78, 5) is 51.9. The van der Waals surface area contributed by atoms with Crippen molar-refractivity contribution in [2.45, 2.75) is 83.4 Å². The molecule has 0 radical (unpaired) electrons. The van der Waals surface area contributed by atoms with Crippen LogP contribution >= 0.6 is 0 Å². The van der Waals surface area contributed by atoms with Gasteiger partial charge in [0.15, 0.2) is 0 Å². The van der Waals surface area contributed by atoms with Gasteiger partial charge in [-0.05, 0) is 50.9 Å². The molecule has 0 unspecified atom stereocenters. The van der Waals surface area contributed by atoms with E-state index in [9.17, 15) is 37.6 Å². The number of hydrogen-bond acceptors (Lipinski definition) is 6. The van der Waals surface area contributed by atoms with Crippen molar-refractivity contribution in [2.75, 3.05) is 13.7 Å². The number of amides is 4. The fourth-order valence-electron chi connectivity index (χ4n) is 5.80. The summed E-state index contributed by atoms with van der Waals surface area (Å²) in [6.45, 7) is 9.03. The van der Waals surface area contributed by atoms with Crippen LogP contribution in [0.25, 0.3) is 0 Å². The zero-order chi connectivity index (χ0) is 28.1. The molecule has 10 nitrogen and oxygen atoms in total. The predicted molar refractivity (Wildman–Crippen MR) is 123 cm³/mol. The number of rotatable bonds is 8. The zero-order valence-corrected chi connectivity index (χ0v) is 21.7. The first kappa shape index (κ1) is 28.7. The maximum Gasteiger partial charge on any atom is 0.471 e. The third-order valence-electron chi connectivity index (χ3n) is 7.99. The van der Waals surface area contributed by atoms with Crippen molar-refractivity contribution in [3.63, 3.8) is 0 Å². The molecule has 0 bridgehead atoms. The van der Waals surface area contributed by atoms with Gasteiger partial charge in [-0.3, -0.25) is 19.2 Å². The Kier molecular flexibility index (Phi) is 7.58. The molecule has 3 N–H and O–H groups in total. The van der Waals surface area contributed by atoms with Crippen molar-refractivity contribution in [2.24, 2.45) is 23.2 Å². The Hall–Kier alpha value is -2.88. The molecule has 206 valence electrons. The van der Waals surface area contributed by atoms with Gasteiger partial charge in [0.25, 0.3) is 0 Å². The molecule has 3 aliphatic rings. The first-order valence-electron chi connectivity index (χ1n) is 12.2. The minimum absolute atomic E-state index is 0.0778. The number of halogens is 3. The highest BCUT2D eigenvalue weighted by atomic mass is 19.4. The Morgan fingerprint density at radius 3 is 2.35 bits per heavy atom. The number of nitrogens with one attached hydrogen (secondary N) is 3. The standard InChI is InChI=1S/C24H34F3N5O5/c1-11(37-6)16(30-21(36)24(25,26)27)20(35)32-10-14-15(23(14,4)5)17(32)19(34)29-13(9-28)7-12-8-22(2,3)31-18(12)33/h11-17H,7-8,10H2,1-6H3,(H,29,34)(H,30,36)(H,31,33)/t11-,12-,13+,14+,15+,16+,17+/m1/s1. The predicted octanol–water partition coefficient (Wildman–Crippen LogP) is 0.865. The van der Waals surface area contributed by atoms with Crippen molar-refractivity contribution in [3.05, 3.63) is 0 Å². The fraction of sp³-hybridized carbons (Fsp3) is 0.792. The average Bonchev–Trinajstić information content (AvgIpc) is 3.07. The summed E-state index contributed by atoms with van der Waals surface area (Å²) in [6, 6.07) is -1.73. The lowest BCUT2D eigenvalue weighted by Crippen LogP contribution is -2.60. The van der Waals surface area contributed by atoms with E-state index in [2.05, 4.69) is 10.6 Å². The number of fused-ring (bicyclic) bond motifs is 1. The van der Waals surface area contributed by atoms with Crippen LogP contribution < -0.4 is 16.0 Å². The Morgan fingerprint density at radius 2 is 1.86 bits per heavy atom. The maximum absolute atomic E-state index is 13.4. The van der Waals surface area contributed by atoms with Gasteiger partial charge in [0.2, 0.25) is 17.7 Å². The molecule has 2 saturated heterocycles. The number of likely N-dealkylation sites (tertiary alicyclic amines) is 1. The summed E-state index contributed by atoms with van der Waals surface area (Å²) in [7, 11) is 1.19. The SMILES string of the molecule is CO[C@H](C)[C@H](NC(=O)C(F)(F)F)C(=O)N1C[C@H]2[C@@H]([C@H]1C(=O)N[C@H](C#N)C[C@@H]1CC(C)(C)NC1=O)C2(C)C. The van der Waals surface area contributed by atoms with E-state index in [0.717, 1.165) is 0 Å². The normalized spacial score (nSPS) is 29.8. The van der Waals surface area contributed by atoms with Crippen LogP contribution in [0.4, 0.5) is 13.2 Å². The van der Waals surface area contributed by atoms with Crippen LogP contribution in [-0.2, 0) is 23.9 Å². The van der Waals surface area contributed by atoms with Gasteiger partial charge in [-0.15, -0.1) is 0 Å². The van der Waals surface area contributed by atoms with Crippen molar-refractivity contribution < 1.29 is 37.1 Å². The number of carbonyl (C=O) groups excluding carboxylic acids is 4. The second-order valence-electron chi connectivity index (χ2n) is 11.5. The highest BCUT2D eigenvalue weighted by molar-refractivity contribution is 5.95. The number of methoxy groups -OCH3 is 1. The molecule has 0 aromatic carbocycles. The van der Waals surface area contributed by atoms with Crippen molar-refractivity contribution in [1.29, 1.82) is 5.26 Å². The number of carbonyl (C=O) groups is 4. The van der Waals surface area contributed by atoms with Crippen LogP contribution in [0.1, 0.15) is 47.5 Å². The van der Waals surface area contributed by atoms with E-state index < -0.39 is 59.6 Å². The lowest BCUT2D eigenvalue weighted by molar-refractivity contribution is -0.176. The van der Waals surface area contributed by atoms with E-state index in [1.807, 2.05) is 33.8 Å². The van der Waals surface area contributed by atoms with Gasteiger partial charge in [-0.2, -0.15) is 18.4 Å². The summed E-state index contributed by atoms with van der Waals surface area (Å²) < 4.78 is 43.8. The summed E-state index contributed by atoms with van der Waals surface area (Å²) in [6.07, 6.45) is -5.75. The highest BCUT2D eigenvalue weighted by Gasteiger charge is 2.69. The van der Waals surface area contributed by atoms with Gasteiger partial charge in [0.1, 0.15) is 18.1 Å². The van der Waals surface area contributed by atoms with E-state index in [1.54, 1.807) is 5.32 Å². The molecule has 1 saturated carbocycles. The molecular formula is C24H34F3N5O5. The Bertz CT molecular complexity index is 1010. The van der Waals surface area contributed by atoms with Gasteiger partial charge in [0.05, 0.1) is 12.2 Å². The molecule has 3 rings (SSSR count). The summed E-state index contributed by atoms with van der Waals surface area (Å²) in [5, 5.41) is 16.8. The number of hydrogen-bond donors (Lipinski definition) is 3. The lowest BCUT2D eigenvalue weighted by Gasteiger charge is -2.35. The van der Waals surface area contributed by atoms with Crippen LogP contribution in [0.3, 0.4) is 0 Å². The molecule has 3 fully saturated rings. The second-order valence-corrected chi connectivity index (χ2v) is 11.5. The zero-order valence-electron chi connectivity index (χ0n) is 21.7. The van der Waals surface area contributed by atoms with E-state index in [4.69, 9.17) is 4.74 Å². The van der Waals surface area contributed by atoms with E-state index >= 15 is 0 Å². The largest absolute Gasteiger partial charge is 0.471 e. The molecule has 2 aliphatic heterocycles. The van der Waals surface area contributed by atoms with E-state index in [0.29, 0.717) is 6.42 Å². The van der Waals surface area contributed by atoms with Crippen molar-refractivity contribution in [3.8, 4) is 6.07 Å². The molecule has 7 atom stereocenters. The molecule has 0 aromatic heterocycles. The molecular weight excluding hydrogens is 495 g/mol. The quantitative estimate of drug-likeness (QED) is 0.426. The summed E-state index contributed by atoms with van der Waals surface area (Å²) >= 11 is 0. The minimum atomic E-state index is -5.21. The minimum Gasteiger partial charge on any atom is -0.379 e. The van der Waals surface area contributed by atoms with Gasteiger partial charge >= 0.3 is 12.1 Å². The van der Waals surface area contributed by atoms with Gasteiger partial charge in [0, 0.05) is 25.1 Å². The van der Waals surface area contributed by atoms with Gasteiger partial charge < -0.3 is 25.6 Å². The monoisotopic (exact) mass is 529 g/mol. The van der Waals surface area contributed by atoms with Crippen LogP contribution in [0, 0.1) is 34.5 Å². The van der Waals surface area contributed by atoms with Crippen LogP contribution in [0.2, 0.25) is 0 Å². The topological polar surface area (TPSA) is 141 Å². The van der Waals surface area contributed by atoms with Crippen molar-refractivity contribution in [1.82, 2.24) is 20.9 Å². The molecule has 4 amide bonds. The lowest BCUT2D eigenvalue weighted by atomic mass is 9.91. The van der Waals surface area contributed by atoms with E-state index in [-0.39, 0.29) is 36.1 Å². The molecule has 13 heteroatoms. The molecule has 0 spiro atoms.